The molecule has 0 unspecified atom stereocenters. The zero-order valence-electron chi connectivity index (χ0n) is 16.4. The zero-order chi connectivity index (χ0) is 19.7. The van der Waals surface area contributed by atoms with Gasteiger partial charge in [0.2, 0.25) is 5.91 Å². The summed E-state index contributed by atoms with van der Waals surface area (Å²) in [4.78, 5) is 31.5. The highest BCUT2D eigenvalue weighted by atomic mass is 16.5. The van der Waals surface area contributed by atoms with Gasteiger partial charge in [0.1, 0.15) is 11.3 Å². The van der Waals surface area contributed by atoms with Crippen molar-refractivity contribution in [3.63, 3.8) is 0 Å². The van der Waals surface area contributed by atoms with E-state index in [1.165, 1.54) is 5.69 Å². The first-order valence-corrected chi connectivity index (χ1v) is 9.91. The molecule has 2 aliphatic rings. The van der Waals surface area contributed by atoms with Crippen LogP contribution < -0.4 is 4.90 Å². The molecule has 2 aliphatic heterocycles. The van der Waals surface area contributed by atoms with Gasteiger partial charge < -0.3 is 19.2 Å². The number of rotatable bonds is 4. The highest BCUT2D eigenvalue weighted by Crippen LogP contribution is 2.25. The fraction of sp³-hybridized carbons (Fsp3) is 0.476. The van der Waals surface area contributed by atoms with Crippen molar-refractivity contribution in [2.75, 3.05) is 44.2 Å². The Hall–Kier alpha value is -2.83. The second-order valence-electron chi connectivity index (χ2n) is 7.47. The summed E-state index contributed by atoms with van der Waals surface area (Å²) in [5, 5.41) is 3.95. The monoisotopic (exact) mass is 382 g/mol. The van der Waals surface area contributed by atoms with E-state index >= 15 is 0 Å². The van der Waals surface area contributed by atoms with E-state index in [4.69, 9.17) is 4.52 Å². The van der Waals surface area contributed by atoms with Crippen LogP contribution in [0.1, 0.15) is 28.7 Å². The van der Waals surface area contributed by atoms with Gasteiger partial charge >= 0.3 is 0 Å². The number of anilines is 1. The number of likely N-dealkylation sites (tertiary alicyclic amines) is 1. The van der Waals surface area contributed by atoms with Crippen molar-refractivity contribution in [1.29, 1.82) is 0 Å². The predicted octanol–water partition coefficient (Wildman–Crippen LogP) is 1.97. The van der Waals surface area contributed by atoms with Crippen molar-refractivity contribution in [2.45, 2.75) is 20.3 Å². The Kier molecular flexibility index (Phi) is 5.07. The molecule has 0 radical (unpaired) electrons. The number of aromatic nitrogens is 1. The van der Waals surface area contributed by atoms with Crippen LogP contribution in [-0.2, 0) is 11.2 Å². The fourth-order valence-corrected chi connectivity index (χ4v) is 3.97. The minimum absolute atomic E-state index is 0.0754. The van der Waals surface area contributed by atoms with Crippen LogP contribution in [0.5, 0.6) is 0 Å². The summed E-state index contributed by atoms with van der Waals surface area (Å²) in [7, 11) is 0. The van der Waals surface area contributed by atoms with E-state index in [-0.39, 0.29) is 17.7 Å². The summed E-state index contributed by atoms with van der Waals surface area (Å²) in [6.45, 7) is 7.79. The predicted molar refractivity (Wildman–Crippen MR) is 105 cm³/mol. The average molecular weight is 382 g/mol. The third-order valence-corrected chi connectivity index (χ3v) is 5.71. The van der Waals surface area contributed by atoms with Crippen LogP contribution in [0.2, 0.25) is 0 Å². The third-order valence-electron chi connectivity index (χ3n) is 5.71. The first kappa shape index (κ1) is 18.5. The molecule has 0 N–H and O–H groups in total. The van der Waals surface area contributed by atoms with Gasteiger partial charge in [-0.3, -0.25) is 9.59 Å². The van der Waals surface area contributed by atoms with Crippen molar-refractivity contribution in [1.82, 2.24) is 15.0 Å². The molecule has 1 aromatic carbocycles. The van der Waals surface area contributed by atoms with E-state index in [9.17, 15) is 9.59 Å². The van der Waals surface area contributed by atoms with Crippen molar-refractivity contribution in [3.8, 4) is 0 Å². The molecule has 4 rings (SSSR count). The summed E-state index contributed by atoms with van der Waals surface area (Å²) in [6.07, 6.45) is 0.653. The molecule has 3 heterocycles. The molecular formula is C21H26N4O3. The fourth-order valence-electron chi connectivity index (χ4n) is 3.97. The van der Waals surface area contributed by atoms with E-state index in [2.05, 4.69) is 22.2 Å². The second-order valence-corrected chi connectivity index (χ2v) is 7.47. The van der Waals surface area contributed by atoms with Crippen LogP contribution in [0.25, 0.3) is 0 Å². The maximum absolute atomic E-state index is 12.8. The number of para-hydroxylation sites is 1. The molecule has 7 nitrogen and oxygen atoms in total. The molecule has 2 saturated heterocycles. The van der Waals surface area contributed by atoms with Crippen LogP contribution in [0, 0.1) is 12.8 Å². The molecule has 2 aromatic rings. The minimum Gasteiger partial charge on any atom is -0.368 e. The van der Waals surface area contributed by atoms with Gasteiger partial charge in [-0.25, -0.2) is 0 Å². The molecule has 2 amide bonds. The number of nitrogens with zero attached hydrogens (tertiary/aromatic N) is 4. The van der Waals surface area contributed by atoms with Gasteiger partial charge in [-0.15, -0.1) is 0 Å². The van der Waals surface area contributed by atoms with Crippen LogP contribution in [0.15, 0.2) is 34.9 Å². The highest BCUT2D eigenvalue weighted by molar-refractivity contribution is 5.97. The lowest BCUT2D eigenvalue weighted by Gasteiger charge is -2.43. The Labute approximate surface area is 164 Å². The molecule has 28 heavy (non-hydrogen) atoms. The Balaban J connectivity index is 1.30. The maximum atomic E-state index is 12.8. The summed E-state index contributed by atoms with van der Waals surface area (Å²) in [6, 6.07) is 10.3. The van der Waals surface area contributed by atoms with Gasteiger partial charge in [-0.05, 0) is 25.5 Å². The normalized spacial score (nSPS) is 17.6. The minimum atomic E-state index is -0.0996. The molecule has 0 aliphatic carbocycles. The van der Waals surface area contributed by atoms with Crippen LogP contribution in [0.4, 0.5) is 5.69 Å². The first-order chi connectivity index (χ1) is 13.6. The van der Waals surface area contributed by atoms with Gasteiger partial charge in [-0.1, -0.05) is 30.3 Å². The summed E-state index contributed by atoms with van der Waals surface area (Å²) in [5.41, 5.74) is 2.45. The lowest BCUT2D eigenvalue weighted by molar-refractivity contribution is -0.140. The number of piperazine rings is 1. The van der Waals surface area contributed by atoms with E-state index < -0.39 is 0 Å². The van der Waals surface area contributed by atoms with E-state index in [1.54, 1.807) is 11.8 Å². The number of aryl methyl sites for hydroxylation is 2. The van der Waals surface area contributed by atoms with E-state index in [1.807, 2.05) is 30.0 Å². The van der Waals surface area contributed by atoms with Gasteiger partial charge in [0.25, 0.3) is 5.91 Å². The highest BCUT2D eigenvalue weighted by Gasteiger charge is 2.40. The van der Waals surface area contributed by atoms with Crippen molar-refractivity contribution < 1.29 is 14.1 Å². The lowest BCUT2D eigenvalue weighted by atomic mass is 9.96. The topological polar surface area (TPSA) is 69.9 Å². The number of benzene rings is 1. The Bertz CT molecular complexity index is 850. The molecule has 2 fully saturated rings. The van der Waals surface area contributed by atoms with E-state index in [0.717, 1.165) is 26.2 Å². The molecule has 0 atom stereocenters. The standard InChI is InChI=1S/C21H26N4O3/c1-3-18-19(15(2)28-22-18)21(27)25-13-16(14-25)20(26)24-11-9-23(10-12-24)17-7-5-4-6-8-17/h4-8,16H,3,9-14H2,1-2H3. The molecule has 0 bridgehead atoms. The zero-order valence-corrected chi connectivity index (χ0v) is 16.4. The number of hydrogen-bond donors (Lipinski definition) is 0. The number of amides is 2. The molecular weight excluding hydrogens is 356 g/mol. The smallest absolute Gasteiger partial charge is 0.259 e. The largest absolute Gasteiger partial charge is 0.368 e. The summed E-state index contributed by atoms with van der Waals surface area (Å²) < 4.78 is 5.17. The van der Waals surface area contributed by atoms with E-state index in [0.29, 0.717) is 36.5 Å². The van der Waals surface area contributed by atoms with Crippen LogP contribution in [0.3, 0.4) is 0 Å². The van der Waals surface area contributed by atoms with Crippen molar-refractivity contribution >= 4 is 17.5 Å². The second kappa shape index (κ2) is 7.66. The van der Waals surface area contributed by atoms with Crippen LogP contribution in [-0.4, -0.2) is 66.0 Å². The summed E-state index contributed by atoms with van der Waals surface area (Å²) >= 11 is 0. The molecule has 148 valence electrons. The Morgan fingerprint density at radius 1 is 1.07 bits per heavy atom. The van der Waals surface area contributed by atoms with Gasteiger partial charge in [0, 0.05) is 45.0 Å². The Morgan fingerprint density at radius 3 is 2.39 bits per heavy atom. The van der Waals surface area contributed by atoms with Crippen molar-refractivity contribution in [3.05, 3.63) is 47.3 Å². The maximum Gasteiger partial charge on any atom is 0.259 e. The Morgan fingerprint density at radius 2 is 1.75 bits per heavy atom. The molecule has 7 heteroatoms. The van der Waals surface area contributed by atoms with Crippen molar-refractivity contribution in [2.24, 2.45) is 5.92 Å². The van der Waals surface area contributed by atoms with Gasteiger partial charge in [0.05, 0.1) is 11.6 Å². The SMILES string of the molecule is CCc1noc(C)c1C(=O)N1CC(C(=O)N2CCN(c3ccccc3)CC2)C1. The number of hydrogen-bond acceptors (Lipinski definition) is 5. The van der Waals surface area contributed by atoms with Crippen LogP contribution >= 0.6 is 0 Å². The van der Waals surface area contributed by atoms with Gasteiger partial charge in [0.15, 0.2) is 0 Å². The number of carbonyl (C=O) groups excluding carboxylic acids is 2. The third kappa shape index (κ3) is 3.37. The lowest BCUT2D eigenvalue weighted by Crippen LogP contribution is -2.59. The first-order valence-electron chi connectivity index (χ1n) is 9.91. The van der Waals surface area contributed by atoms with Gasteiger partial charge in [-0.2, -0.15) is 0 Å². The molecule has 1 aromatic heterocycles. The number of carbonyl (C=O) groups is 2. The average Bonchev–Trinajstić information content (AvgIpc) is 3.08. The summed E-state index contributed by atoms with van der Waals surface area (Å²) in [5.74, 6) is 0.536. The molecule has 0 spiro atoms. The quantitative estimate of drug-likeness (QED) is 0.809. The molecule has 0 saturated carbocycles.